The van der Waals surface area contributed by atoms with E-state index in [1.54, 1.807) is 31.4 Å². The van der Waals surface area contributed by atoms with Gasteiger partial charge in [-0.2, -0.15) is 0 Å². The molecule has 0 aromatic heterocycles. The van der Waals surface area contributed by atoms with Crippen molar-refractivity contribution < 1.29 is 23.1 Å². The largest absolute Gasteiger partial charge is 0.497 e. The van der Waals surface area contributed by atoms with Crippen molar-refractivity contribution >= 4 is 21.6 Å². The Hall–Kier alpha value is -3.40. The molecule has 2 atom stereocenters. The number of rotatable bonds is 14. The summed E-state index contributed by atoms with van der Waals surface area (Å²) in [7, 11) is 1.55. The molecule has 2 unspecified atom stereocenters. The average Bonchev–Trinajstić information content (AvgIpc) is 2.92. The molecule has 2 N–H and O–H groups in total. The lowest BCUT2D eigenvalue weighted by Crippen LogP contribution is -2.49. The number of nitrogens with one attached hydrogen (secondary N) is 1. The zero-order chi connectivity index (χ0) is 28.4. The molecule has 0 aliphatic heterocycles. The molecule has 0 saturated heterocycles. The molecule has 0 heterocycles. The third-order valence-corrected chi connectivity index (χ3v) is 8.49. The van der Waals surface area contributed by atoms with E-state index < -0.39 is 22.2 Å². The molecule has 3 aromatic rings. The van der Waals surface area contributed by atoms with E-state index >= 15 is 0 Å². The number of hydrogen-bond donors (Lipinski definition) is 2. The van der Waals surface area contributed by atoms with Gasteiger partial charge in [-0.25, -0.2) is 8.42 Å². The van der Waals surface area contributed by atoms with E-state index in [1.807, 2.05) is 73.5 Å². The Morgan fingerprint density at radius 1 is 0.974 bits per heavy atom. The Bertz CT molecular complexity index is 1320. The third-order valence-electron chi connectivity index (χ3n) is 6.52. The van der Waals surface area contributed by atoms with E-state index in [2.05, 4.69) is 5.32 Å². The van der Waals surface area contributed by atoms with E-state index in [0.717, 1.165) is 16.9 Å². The first-order chi connectivity index (χ1) is 18.6. The number of aliphatic hydroxyl groups excluding tert-OH is 1. The van der Waals surface area contributed by atoms with Crippen molar-refractivity contribution in [1.29, 1.82) is 0 Å². The quantitative estimate of drug-likeness (QED) is 0.316. The van der Waals surface area contributed by atoms with Crippen LogP contribution in [-0.2, 0) is 23.0 Å². The molecular weight excluding hydrogens is 514 g/mol. The van der Waals surface area contributed by atoms with E-state index in [-0.39, 0.29) is 11.7 Å². The highest BCUT2D eigenvalue weighted by atomic mass is 32.2. The second kappa shape index (κ2) is 14.1. The summed E-state index contributed by atoms with van der Waals surface area (Å²) in [6.07, 6.45) is 0.0733. The topological polar surface area (TPSA) is 99.2 Å². The molecule has 1 amide bonds. The van der Waals surface area contributed by atoms with Crippen LogP contribution in [0.15, 0.2) is 78.9 Å². The SMILES string of the molecule is CCCS(=O)(=O)N(C)c1cccc(C(=O)NC(Cc2ccccc2)C(O)CN(C)Cc2cccc(OC)c2)c1. The van der Waals surface area contributed by atoms with E-state index in [9.17, 15) is 18.3 Å². The normalized spacial score (nSPS) is 13.1. The minimum absolute atomic E-state index is 0.0224. The highest BCUT2D eigenvalue weighted by molar-refractivity contribution is 7.92. The van der Waals surface area contributed by atoms with E-state index in [4.69, 9.17) is 4.74 Å². The summed E-state index contributed by atoms with van der Waals surface area (Å²) < 4.78 is 31.6. The lowest BCUT2D eigenvalue weighted by Gasteiger charge is -2.28. The standard InChI is InChI=1S/C30H39N3O5S/c1-5-17-39(36,37)33(3)26-15-10-14-25(20-26)30(35)31-28(19-23-11-7-6-8-12-23)29(34)22-32(2)21-24-13-9-16-27(18-24)38-4/h6-16,18,20,28-29,34H,5,17,19,21-22H2,1-4H3,(H,31,35). The predicted molar refractivity (Wildman–Crippen MR) is 156 cm³/mol. The zero-order valence-corrected chi connectivity index (χ0v) is 23.9. The molecule has 0 saturated carbocycles. The van der Waals surface area contributed by atoms with Gasteiger partial charge < -0.3 is 15.2 Å². The van der Waals surface area contributed by atoms with Crippen LogP contribution in [0.4, 0.5) is 5.69 Å². The summed E-state index contributed by atoms with van der Waals surface area (Å²) in [6, 6.07) is 23.4. The number of likely N-dealkylation sites (N-methyl/N-ethyl adjacent to an activating group) is 1. The highest BCUT2D eigenvalue weighted by Crippen LogP contribution is 2.20. The molecule has 0 fully saturated rings. The molecule has 0 radical (unpaired) electrons. The van der Waals surface area contributed by atoms with Gasteiger partial charge >= 0.3 is 0 Å². The van der Waals surface area contributed by atoms with Crippen LogP contribution in [0.3, 0.4) is 0 Å². The first-order valence-electron chi connectivity index (χ1n) is 13.0. The van der Waals surface area contributed by atoms with Gasteiger partial charge in [-0.05, 0) is 61.3 Å². The minimum Gasteiger partial charge on any atom is -0.497 e. The summed E-state index contributed by atoms with van der Waals surface area (Å²) in [6.45, 7) is 2.73. The second-order valence-electron chi connectivity index (χ2n) is 9.72. The minimum atomic E-state index is -3.48. The van der Waals surface area contributed by atoms with Gasteiger partial charge in [-0.15, -0.1) is 0 Å². The van der Waals surface area contributed by atoms with Gasteiger partial charge in [0.2, 0.25) is 10.0 Å². The second-order valence-corrected chi connectivity index (χ2v) is 11.8. The molecule has 210 valence electrons. The summed E-state index contributed by atoms with van der Waals surface area (Å²) in [5.41, 5.74) is 2.76. The monoisotopic (exact) mass is 553 g/mol. The van der Waals surface area contributed by atoms with Gasteiger partial charge in [0.05, 0.1) is 30.7 Å². The molecule has 39 heavy (non-hydrogen) atoms. The van der Waals surface area contributed by atoms with Crippen LogP contribution in [0.1, 0.15) is 34.8 Å². The highest BCUT2D eigenvalue weighted by Gasteiger charge is 2.25. The number of hydrogen-bond acceptors (Lipinski definition) is 6. The molecule has 0 spiro atoms. The Balaban J connectivity index is 1.76. The van der Waals surface area contributed by atoms with Crippen molar-refractivity contribution in [2.24, 2.45) is 0 Å². The fourth-order valence-electron chi connectivity index (χ4n) is 4.40. The first kappa shape index (κ1) is 30.1. The number of sulfonamides is 1. The number of nitrogens with zero attached hydrogens (tertiary/aromatic N) is 2. The van der Waals surface area contributed by atoms with E-state index in [0.29, 0.717) is 37.2 Å². The maximum atomic E-state index is 13.3. The maximum Gasteiger partial charge on any atom is 0.251 e. The number of ether oxygens (including phenoxy) is 1. The summed E-state index contributed by atoms with van der Waals surface area (Å²) >= 11 is 0. The summed E-state index contributed by atoms with van der Waals surface area (Å²) in [5.74, 6) is 0.411. The van der Waals surface area contributed by atoms with Gasteiger partial charge in [-0.3, -0.25) is 14.0 Å². The van der Waals surface area contributed by atoms with Crippen molar-refractivity contribution in [2.45, 2.75) is 38.5 Å². The van der Waals surface area contributed by atoms with Crippen LogP contribution in [-0.4, -0.2) is 70.0 Å². The van der Waals surface area contributed by atoms with Crippen molar-refractivity contribution in [3.8, 4) is 5.75 Å². The number of amides is 1. The van der Waals surface area contributed by atoms with Crippen LogP contribution in [0.5, 0.6) is 5.75 Å². The zero-order valence-electron chi connectivity index (χ0n) is 23.1. The summed E-state index contributed by atoms with van der Waals surface area (Å²) in [5, 5.41) is 14.3. The number of carbonyl (C=O) groups excluding carboxylic acids is 1. The predicted octanol–water partition coefficient (Wildman–Crippen LogP) is 3.71. The number of benzene rings is 3. The fourth-order valence-corrected chi connectivity index (χ4v) is 5.62. The van der Waals surface area contributed by atoms with Crippen LogP contribution < -0.4 is 14.4 Å². The lowest BCUT2D eigenvalue weighted by atomic mass is 10.00. The van der Waals surface area contributed by atoms with Crippen molar-refractivity contribution in [3.63, 3.8) is 0 Å². The molecule has 0 aliphatic carbocycles. The molecular formula is C30H39N3O5S. The molecule has 0 aliphatic rings. The molecule has 3 aromatic carbocycles. The molecule has 9 heteroatoms. The van der Waals surface area contributed by atoms with E-state index in [1.165, 1.54) is 11.4 Å². The maximum absolute atomic E-state index is 13.3. The van der Waals surface area contributed by atoms with Gasteiger partial charge in [0.25, 0.3) is 5.91 Å². The number of anilines is 1. The van der Waals surface area contributed by atoms with Crippen molar-refractivity contribution in [2.75, 3.05) is 37.8 Å². The number of aliphatic hydroxyl groups is 1. The summed E-state index contributed by atoms with van der Waals surface area (Å²) in [4.78, 5) is 15.3. The van der Waals surface area contributed by atoms with Crippen molar-refractivity contribution in [1.82, 2.24) is 10.2 Å². The molecule has 8 nitrogen and oxygen atoms in total. The van der Waals surface area contributed by atoms with Crippen LogP contribution in [0.25, 0.3) is 0 Å². The Labute approximate surface area is 232 Å². The van der Waals surface area contributed by atoms with Gasteiger partial charge in [0, 0.05) is 25.7 Å². The van der Waals surface area contributed by atoms with Gasteiger partial charge in [0.15, 0.2) is 0 Å². The number of carbonyl (C=O) groups is 1. The smallest absolute Gasteiger partial charge is 0.251 e. The molecule has 0 bridgehead atoms. The van der Waals surface area contributed by atoms with Crippen LogP contribution >= 0.6 is 0 Å². The molecule has 3 rings (SSSR count). The first-order valence-corrected chi connectivity index (χ1v) is 14.6. The Morgan fingerprint density at radius 2 is 1.67 bits per heavy atom. The Kier molecular flexibility index (Phi) is 10.9. The fraction of sp³-hybridized carbons (Fsp3) is 0.367. The van der Waals surface area contributed by atoms with Crippen molar-refractivity contribution in [3.05, 3.63) is 95.6 Å². The van der Waals surface area contributed by atoms with Gasteiger partial charge in [0.1, 0.15) is 5.75 Å². The van der Waals surface area contributed by atoms with Crippen LogP contribution in [0, 0.1) is 0 Å². The number of methoxy groups -OCH3 is 1. The Morgan fingerprint density at radius 3 is 2.36 bits per heavy atom. The lowest BCUT2D eigenvalue weighted by molar-refractivity contribution is 0.0713. The van der Waals surface area contributed by atoms with Crippen LogP contribution in [0.2, 0.25) is 0 Å². The third kappa shape index (κ3) is 8.81. The average molecular weight is 554 g/mol. The van der Waals surface area contributed by atoms with Gasteiger partial charge in [-0.1, -0.05) is 55.5 Å².